The normalized spacial score (nSPS) is 10.3. The van der Waals surface area contributed by atoms with Crippen molar-refractivity contribution >= 4 is 11.5 Å². The Hall–Kier alpha value is -3.82. The Morgan fingerprint density at radius 1 is 1.15 bits per heavy atom. The van der Waals surface area contributed by atoms with E-state index in [-0.39, 0.29) is 11.7 Å². The minimum absolute atomic E-state index is 0.0268. The van der Waals surface area contributed by atoms with E-state index in [4.69, 9.17) is 9.47 Å². The standard InChI is InChI=1S/C17H16N6O4/c1-26-16-13(10-21-17(22-16)27-2)14-15(19-7-6-18-14)20-9-11-4-3-5-12(8-11)23(24)25/h3-8,10H,9H2,1-2H3,(H,19,20). The number of benzene rings is 1. The molecule has 10 heteroatoms. The van der Waals surface area contributed by atoms with Gasteiger partial charge in [0.15, 0.2) is 5.82 Å². The van der Waals surface area contributed by atoms with Gasteiger partial charge in [0, 0.05) is 37.3 Å². The summed E-state index contributed by atoms with van der Waals surface area (Å²) < 4.78 is 10.3. The highest BCUT2D eigenvalue weighted by Gasteiger charge is 2.16. The number of non-ortho nitro benzene ring substituents is 1. The van der Waals surface area contributed by atoms with Gasteiger partial charge in [0.25, 0.3) is 5.69 Å². The molecule has 0 aliphatic rings. The fraction of sp³-hybridized carbons (Fsp3) is 0.176. The van der Waals surface area contributed by atoms with Crippen molar-refractivity contribution in [1.82, 2.24) is 19.9 Å². The number of ether oxygens (including phenoxy) is 2. The lowest BCUT2D eigenvalue weighted by molar-refractivity contribution is -0.384. The van der Waals surface area contributed by atoms with E-state index in [2.05, 4.69) is 25.3 Å². The third-order valence-electron chi connectivity index (χ3n) is 3.64. The van der Waals surface area contributed by atoms with Crippen molar-refractivity contribution < 1.29 is 14.4 Å². The molecule has 138 valence electrons. The Labute approximate surface area is 154 Å². The van der Waals surface area contributed by atoms with E-state index in [0.29, 0.717) is 29.5 Å². The second-order valence-corrected chi connectivity index (χ2v) is 5.31. The van der Waals surface area contributed by atoms with Crippen molar-refractivity contribution in [3.05, 3.63) is 58.5 Å². The van der Waals surface area contributed by atoms with Crippen molar-refractivity contribution in [2.75, 3.05) is 19.5 Å². The van der Waals surface area contributed by atoms with Gasteiger partial charge in [-0.15, -0.1) is 0 Å². The van der Waals surface area contributed by atoms with Crippen LogP contribution in [0.5, 0.6) is 11.9 Å². The first-order chi connectivity index (χ1) is 13.1. The van der Waals surface area contributed by atoms with Gasteiger partial charge < -0.3 is 14.8 Å². The summed E-state index contributed by atoms with van der Waals surface area (Å²) in [5.74, 6) is 0.761. The number of hydrogen-bond donors (Lipinski definition) is 1. The number of nitrogens with zero attached hydrogens (tertiary/aromatic N) is 5. The summed E-state index contributed by atoms with van der Waals surface area (Å²) in [6, 6.07) is 6.53. The highest BCUT2D eigenvalue weighted by atomic mass is 16.6. The fourth-order valence-corrected chi connectivity index (χ4v) is 2.40. The van der Waals surface area contributed by atoms with Crippen LogP contribution in [0.15, 0.2) is 42.9 Å². The van der Waals surface area contributed by atoms with Gasteiger partial charge in [0.05, 0.1) is 24.7 Å². The number of nitro benzene ring substituents is 1. The predicted octanol–water partition coefficient (Wildman–Crippen LogP) is 2.47. The zero-order valence-electron chi connectivity index (χ0n) is 14.6. The first-order valence-electron chi connectivity index (χ1n) is 7.86. The Balaban J connectivity index is 1.89. The van der Waals surface area contributed by atoms with Crippen molar-refractivity contribution in [2.45, 2.75) is 6.54 Å². The van der Waals surface area contributed by atoms with E-state index < -0.39 is 4.92 Å². The predicted molar refractivity (Wildman–Crippen MR) is 96.6 cm³/mol. The van der Waals surface area contributed by atoms with Gasteiger partial charge >= 0.3 is 6.01 Å². The largest absolute Gasteiger partial charge is 0.480 e. The second kappa shape index (κ2) is 8.04. The molecule has 0 radical (unpaired) electrons. The summed E-state index contributed by atoms with van der Waals surface area (Å²) in [6.07, 6.45) is 4.61. The maximum Gasteiger partial charge on any atom is 0.319 e. The van der Waals surface area contributed by atoms with Crippen molar-refractivity contribution in [3.8, 4) is 23.1 Å². The van der Waals surface area contributed by atoms with Gasteiger partial charge in [-0.1, -0.05) is 12.1 Å². The molecule has 3 aromatic rings. The first kappa shape index (κ1) is 18.0. The Kier molecular flexibility index (Phi) is 5.36. The lowest BCUT2D eigenvalue weighted by atomic mass is 10.2. The molecule has 0 aliphatic carbocycles. The average molecular weight is 368 g/mol. The van der Waals surface area contributed by atoms with Crippen LogP contribution in [0.2, 0.25) is 0 Å². The summed E-state index contributed by atoms with van der Waals surface area (Å²) in [5.41, 5.74) is 1.79. The van der Waals surface area contributed by atoms with E-state index in [1.54, 1.807) is 12.1 Å². The Morgan fingerprint density at radius 2 is 1.96 bits per heavy atom. The van der Waals surface area contributed by atoms with Crippen LogP contribution < -0.4 is 14.8 Å². The molecule has 0 fully saturated rings. The van der Waals surface area contributed by atoms with Gasteiger partial charge in [0.1, 0.15) is 5.69 Å². The van der Waals surface area contributed by atoms with Gasteiger partial charge in [-0.05, 0) is 5.56 Å². The number of methoxy groups -OCH3 is 2. The fourth-order valence-electron chi connectivity index (χ4n) is 2.40. The molecular formula is C17H16N6O4. The SMILES string of the molecule is COc1ncc(-c2nccnc2NCc2cccc([N+](=O)[O-])c2)c(OC)n1. The molecule has 10 nitrogen and oxygen atoms in total. The number of hydrogen-bond acceptors (Lipinski definition) is 9. The summed E-state index contributed by atoms with van der Waals surface area (Å²) in [4.78, 5) is 27.4. The third kappa shape index (κ3) is 4.06. The van der Waals surface area contributed by atoms with Crippen LogP contribution in [0.4, 0.5) is 11.5 Å². The molecule has 27 heavy (non-hydrogen) atoms. The lowest BCUT2D eigenvalue weighted by Crippen LogP contribution is -2.06. The topological polar surface area (TPSA) is 125 Å². The van der Waals surface area contributed by atoms with E-state index in [9.17, 15) is 10.1 Å². The minimum atomic E-state index is -0.434. The van der Waals surface area contributed by atoms with Crippen LogP contribution in [0.3, 0.4) is 0 Å². The quantitative estimate of drug-likeness (QED) is 0.494. The molecular weight excluding hydrogens is 352 g/mol. The van der Waals surface area contributed by atoms with E-state index in [1.165, 1.54) is 44.9 Å². The van der Waals surface area contributed by atoms with Crippen LogP contribution in [0.25, 0.3) is 11.3 Å². The van der Waals surface area contributed by atoms with Gasteiger partial charge in [-0.25, -0.2) is 9.97 Å². The van der Waals surface area contributed by atoms with Gasteiger partial charge in [0.2, 0.25) is 5.88 Å². The molecule has 2 heterocycles. The number of rotatable bonds is 7. The monoisotopic (exact) mass is 368 g/mol. The molecule has 3 rings (SSSR count). The van der Waals surface area contributed by atoms with E-state index >= 15 is 0 Å². The Morgan fingerprint density at radius 3 is 2.70 bits per heavy atom. The molecule has 0 unspecified atom stereocenters. The zero-order chi connectivity index (χ0) is 19.2. The molecule has 0 spiro atoms. The molecule has 0 saturated carbocycles. The first-order valence-corrected chi connectivity index (χ1v) is 7.86. The highest BCUT2D eigenvalue weighted by molar-refractivity contribution is 5.74. The third-order valence-corrected chi connectivity index (χ3v) is 3.64. The van der Waals surface area contributed by atoms with Crippen LogP contribution >= 0.6 is 0 Å². The van der Waals surface area contributed by atoms with Gasteiger partial charge in [-0.3, -0.25) is 15.1 Å². The van der Waals surface area contributed by atoms with Gasteiger partial charge in [-0.2, -0.15) is 4.98 Å². The second-order valence-electron chi connectivity index (χ2n) is 5.31. The van der Waals surface area contributed by atoms with E-state index in [1.807, 2.05) is 0 Å². The maximum atomic E-state index is 10.9. The van der Waals surface area contributed by atoms with Crippen LogP contribution in [0, 0.1) is 10.1 Å². The van der Waals surface area contributed by atoms with Crippen LogP contribution in [-0.4, -0.2) is 39.1 Å². The van der Waals surface area contributed by atoms with Crippen LogP contribution in [-0.2, 0) is 6.54 Å². The van der Waals surface area contributed by atoms with Crippen LogP contribution in [0.1, 0.15) is 5.56 Å². The smallest absolute Gasteiger partial charge is 0.319 e. The number of aromatic nitrogens is 4. The zero-order valence-corrected chi connectivity index (χ0v) is 14.6. The molecule has 0 aliphatic heterocycles. The highest BCUT2D eigenvalue weighted by Crippen LogP contribution is 2.31. The molecule has 1 aromatic carbocycles. The van der Waals surface area contributed by atoms with Crippen molar-refractivity contribution in [3.63, 3.8) is 0 Å². The van der Waals surface area contributed by atoms with E-state index in [0.717, 1.165) is 5.56 Å². The summed E-state index contributed by atoms with van der Waals surface area (Å²) >= 11 is 0. The summed E-state index contributed by atoms with van der Waals surface area (Å²) in [5, 5.41) is 14.0. The summed E-state index contributed by atoms with van der Waals surface area (Å²) in [7, 11) is 2.95. The Bertz CT molecular complexity index is 966. The van der Waals surface area contributed by atoms with Crippen molar-refractivity contribution in [1.29, 1.82) is 0 Å². The lowest BCUT2D eigenvalue weighted by Gasteiger charge is -2.12. The minimum Gasteiger partial charge on any atom is -0.480 e. The average Bonchev–Trinajstić information content (AvgIpc) is 2.72. The molecule has 0 atom stereocenters. The number of nitrogens with one attached hydrogen (secondary N) is 1. The van der Waals surface area contributed by atoms with Crippen molar-refractivity contribution in [2.24, 2.45) is 0 Å². The molecule has 1 N–H and O–H groups in total. The maximum absolute atomic E-state index is 10.9. The molecule has 0 amide bonds. The number of anilines is 1. The summed E-state index contributed by atoms with van der Waals surface area (Å²) in [6.45, 7) is 0.326. The molecule has 0 saturated heterocycles. The number of nitro groups is 1. The molecule has 0 bridgehead atoms. The molecule has 2 aromatic heterocycles.